The van der Waals surface area contributed by atoms with Crippen molar-refractivity contribution < 1.29 is 22.7 Å². The molecule has 0 aliphatic carbocycles. The molecule has 7 heteroatoms. The van der Waals surface area contributed by atoms with Gasteiger partial charge in [-0.25, -0.2) is 9.79 Å². The van der Waals surface area contributed by atoms with Crippen LogP contribution in [0.25, 0.3) is 17.2 Å². The number of rotatable bonds is 3. The van der Waals surface area contributed by atoms with Gasteiger partial charge < -0.3 is 4.74 Å². The molecule has 3 aromatic rings. The summed E-state index contributed by atoms with van der Waals surface area (Å²) in [6, 6.07) is 18.7. The zero-order chi connectivity index (χ0) is 21.3. The van der Waals surface area contributed by atoms with Gasteiger partial charge in [0.1, 0.15) is 0 Å². The number of hydrogen-bond donors (Lipinski definition) is 0. The summed E-state index contributed by atoms with van der Waals surface area (Å²) in [5.41, 5.74) is 2.22. The summed E-state index contributed by atoms with van der Waals surface area (Å²) in [4.78, 5) is 16.3. The van der Waals surface area contributed by atoms with Crippen LogP contribution >= 0.6 is 11.6 Å². The van der Waals surface area contributed by atoms with E-state index in [2.05, 4.69) is 4.99 Å². The lowest BCUT2D eigenvalue weighted by Crippen LogP contribution is -2.05. The molecule has 30 heavy (non-hydrogen) atoms. The molecule has 3 aromatic carbocycles. The molecule has 1 aliphatic heterocycles. The molecule has 0 N–H and O–H groups in total. The lowest BCUT2D eigenvalue weighted by Gasteiger charge is -2.08. The highest BCUT2D eigenvalue weighted by Crippen LogP contribution is 2.31. The maximum absolute atomic E-state index is 12.7. The largest absolute Gasteiger partial charge is 0.416 e. The average Bonchev–Trinajstić information content (AvgIpc) is 3.09. The van der Waals surface area contributed by atoms with Crippen molar-refractivity contribution in [1.82, 2.24) is 0 Å². The lowest BCUT2D eigenvalue weighted by atomic mass is 10.0. The highest BCUT2D eigenvalue weighted by molar-refractivity contribution is 6.30. The van der Waals surface area contributed by atoms with Crippen molar-refractivity contribution in [2.45, 2.75) is 6.18 Å². The first-order valence-corrected chi connectivity index (χ1v) is 9.23. The molecule has 1 aliphatic rings. The molecule has 1 heterocycles. The second-order valence-corrected chi connectivity index (χ2v) is 6.98. The first-order chi connectivity index (χ1) is 14.3. The summed E-state index contributed by atoms with van der Waals surface area (Å²) < 4.78 is 43.3. The molecule has 0 fully saturated rings. The summed E-state index contributed by atoms with van der Waals surface area (Å²) in [6.45, 7) is 0. The molecule has 0 radical (unpaired) electrons. The zero-order valence-electron chi connectivity index (χ0n) is 15.3. The third-order valence-corrected chi connectivity index (χ3v) is 4.72. The minimum atomic E-state index is -4.37. The van der Waals surface area contributed by atoms with Crippen molar-refractivity contribution in [3.05, 3.63) is 100 Å². The number of aliphatic imine (C=N–C) groups is 1. The molecule has 0 spiro atoms. The summed E-state index contributed by atoms with van der Waals surface area (Å²) in [5, 5.41) is 0.563. The Labute approximate surface area is 175 Å². The fourth-order valence-corrected chi connectivity index (χ4v) is 3.03. The Morgan fingerprint density at radius 1 is 0.800 bits per heavy atom. The van der Waals surface area contributed by atoms with Crippen molar-refractivity contribution >= 4 is 29.5 Å². The highest BCUT2D eigenvalue weighted by Gasteiger charge is 2.30. The van der Waals surface area contributed by atoms with Crippen LogP contribution in [-0.2, 0) is 15.7 Å². The van der Waals surface area contributed by atoms with Crippen LogP contribution in [0.4, 0.5) is 13.2 Å². The monoisotopic (exact) mass is 427 g/mol. The number of nitrogens with zero attached hydrogens (tertiary/aromatic N) is 1. The second kappa shape index (κ2) is 7.80. The van der Waals surface area contributed by atoms with Gasteiger partial charge in [-0.05, 0) is 59.2 Å². The number of ether oxygens (including phenoxy) is 1. The number of benzene rings is 3. The summed E-state index contributed by atoms with van der Waals surface area (Å²) in [7, 11) is 0. The van der Waals surface area contributed by atoms with Crippen molar-refractivity contribution in [2.75, 3.05) is 0 Å². The van der Waals surface area contributed by atoms with Crippen LogP contribution in [0.15, 0.2) is 83.5 Å². The van der Waals surface area contributed by atoms with E-state index in [-0.39, 0.29) is 11.6 Å². The summed E-state index contributed by atoms with van der Waals surface area (Å²) in [6.07, 6.45) is -2.78. The van der Waals surface area contributed by atoms with E-state index in [1.807, 2.05) is 0 Å². The quantitative estimate of drug-likeness (QED) is 0.360. The van der Waals surface area contributed by atoms with E-state index in [9.17, 15) is 18.0 Å². The number of cyclic esters (lactones) is 1. The molecule has 0 saturated heterocycles. The Kier molecular flexibility index (Phi) is 5.18. The lowest BCUT2D eigenvalue weighted by molar-refractivity contribution is -0.137. The van der Waals surface area contributed by atoms with Crippen LogP contribution in [0.5, 0.6) is 0 Å². The van der Waals surface area contributed by atoms with E-state index in [4.69, 9.17) is 16.3 Å². The molecule has 0 bridgehead atoms. The van der Waals surface area contributed by atoms with Gasteiger partial charge >= 0.3 is 12.1 Å². The maximum Gasteiger partial charge on any atom is 0.416 e. The molecule has 0 saturated carbocycles. The minimum Gasteiger partial charge on any atom is -0.402 e. The summed E-state index contributed by atoms with van der Waals surface area (Å²) in [5.74, 6) is -0.365. The predicted octanol–water partition coefficient (Wildman–Crippen LogP) is 6.37. The molecule has 0 atom stereocenters. The Balaban J connectivity index is 1.55. The Morgan fingerprint density at radius 2 is 1.33 bits per heavy atom. The van der Waals surface area contributed by atoms with Crippen LogP contribution in [0, 0.1) is 0 Å². The molecular formula is C23H13ClF3NO2. The molecule has 3 nitrogen and oxygen atoms in total. The standard InChI is InChI=1S/C23H13ClF3NO2/c24-19-11-7-17(8-12-19)21-28-20(22(29)30-21)13-14-1-3-15(4-2-14)16-5-9-18(10-6-16)23(25,26)27/h1-13H/b20-13+. The number of hydrogen-bond acceptors (Lipinski definition) is 3. The first-order valence-electron chi connectivity index (χ1n) is 8.86. The Morgan fingerprint density at radius 3 is 1.90 bits per heavy atom. The van der Waals surface area contributed by atoms with Crippen molar-refractivity contribution in [1.29, 1.82) is 0 Å². The third kappa shape index (κ3) is 4.28. The Bertz CT molecular complexity index is 1150. The van der Waals surface area contributed by atoms with E-state index < -0.39 is 17.7 Å². The predicted molar refractivity (Wildman–Crippen MR) is 109 cm³/mol. The minimum absolute atomic E-state index is 0.155. The van der Waals surface area contributed by atoms with E-state index in [0.29, 0.717) is 21.7 Å². The van der Waals surface area contributed by atoms with E-state index in [0.717, 1.165) is 17.7 Å². The number of carbonyl (C=O) groups is 1. The van der Waals surface area contributed by atoms with Gasteiger partial charge in [0.15, 0.2) is 5.70 Å². The molecule has 150 valence electrons. The number of esters is 1. The van der Waals surface area contributed by atoms with Crippen molar-refractivity contribution in [2.24, 2.45) is 4.99 Å². The fraction of sp³-hybridized carbons (Fsp3) is 0.0435. The molecule has 0 aromatic heterocycles. The van der Waals surface area contributed by atoms with Gasteiger partial charge in [0.2, 0.25) is 5.90 Å². The summed E-state index contributed by atoms with van der Waals surface area (Å²) >= 11 is 5.86. The smallest absolute Gasteiger partial charge is 0.402 e. The zero-order valence-corrected chi connectivity index (χ0v) is 16.0. The fourth-order valence-electron chi connectivity index (χ4n) is 2.91. The molecular weight excluding hydrogens is 415 g/mol. The van der Waals surface area contributed by atoms with Crippen LogP contribution in [-0.4, -0.2) is 11.9 Å². The maximum atomic E-state index is 12.7. The van der Waals surface area contributed by atoms with E-state index in [1.54, 1.807) is 54.6 Å². The Hall–Kier alpha value is -3.38. The SMILES string of the molecule is O=C1OC(c2ccc(Cl)cc2)=N/C1=C/c1ccc(-c2ccc(C(F)(F)F)cc2)cc1. The van der Waals surface area contributed by atoms with Gasteiger partial charge in [-0.15, -0.1) is 0 Å². The topological polar surface area (TPSA) is 38.7 Å². The van der Waals surface area contributed by atoms with Gasteiger partial charge in [-0.3, -0.25) is 0 Å². The normalized spacial score (nSPS) is 15.3. The van der Waals surface area contributed by atoms with Crippen molar-refractivity contribution in [3.63, 3.8) is 0 Å². The van der Waals surface area contributed by atoms with Gasteiger partial charge in [0, 0.05) is 10.6 Å². The van der Waals surface area contributed by atoms with E-state index >= 15 is 0 Å². The first kappa shape index (κ1) is 19.9. The van der Waals surface area contributed by atoms with Crippen LogP contribution in [0.3, 0.4) is 0 Å². The molecule has 0 amide bonds. The van der Waals surface area contributed by atoms with Gasteiger partial charge in [0.25, 0.3) is 0 Å². The van der Waals surface area contributed by atoms with Crippen LogP contribution in [0.2, 0.25) is 5.02 Å². The number of carbonyl (C=O) groups excluding carboxylic acids is 1. The molecule has 0 unspecified atom stereocenters. The molecule has 4 rings (SSSR count). The van der Waals surface area contributed by atoms with Gasteiger partial charge in [-0.2, -0.15) is 13.2 Å². The third-order valence-electron chi connectivity index (χ3n) is 4.47. The van der Waals surface area contributed by atoms with Gasteiger partial charge in [0.05, 0.1) is 5.56 Å². The average molecular weight is 428 g/mol. The second-order valence-electron chi connectivity index (χ2n) is 6.54. The van der Waals surface area contributed by atoms with Crippen molar-refractivity contribution in [3.8, 4) is 11.1 Å². The van der Waals surface area contributed by atoms with Gasteiger partial charge in [-0.1, -0.05) is 48.0 Å². The van der Waals surface area contributed by atoms with E-state index in [1.165, 1.54) is 12.1 Å². The number of alkyl halides is 3. The van der Waals surface area contributed by atoms with Crippen LogP contribution in [0.1, 0.15) is 16.7 Å². The number of halogens is 4. The highest BCUT2D eigenvalue weighted by atomic mass is 35.5. The van der Waals surface area contributed by atoms with Crippen LogP contribution < -0.4 is 0 Å².